The zero-order valence-corrected chi connectivity index (χ0v) is 10.7. The standard InChI is InChI=1S/C14H26O/c1-5-6-9-15-14-10-12(4)7-8-13(14)11(2)3/h6,9,11-14H,5,7-8,10H2,1-4H3/b9-6+/t12-,13+,14-/m0/s1. The fraction of sp³-hybridized carbons (Fsp3) is 0.857. The van der Waals surface area contributed by atoms with E-state index in [9.17, 15) is 0 Å². The Bertz CT molecular complexity index is 196. The van der Waals surface area contributed by atoms with E-state index in [2.05, 4.69) is 33.8 Å². The lowest BCUT2D eigenvalue weighted by atomic mass is 9.75. The van der Waals surface area contributed by atoms with Crippen LogP contribution in [0.4, 0.5) is 0 Å². The van der Waals surface area contributed by atoms with Crippen LogP contribution in [0.1, 0.15) is 53.4 Å². The molecule has 1 fully saturated rings. The highest BCUT2D eigenvalue weighted by Crippen LogP contribution is 2.35. The predicted molar refractivity (Wildman–Crippen MR) is 65.6 cm³/mol. The molecular weight excluding hydrogens is 184 g/mol. The number of hydrogen-bond acceptors (Lipinski definition) is 1. The summed E-state index contributed by atoms with van der Waals surface area (Å²) in [5.41, 5.74) is 0. The minimum absolute atomic E-state index is 0.455. The monoisotopic (exact) mass is 210 g/mol. The lowest BCUT2D eigenvalue weighted by Gasteiger charge is -2.36. The third kappa shape index (κ3) is 3.89. The van der Waals surface area contributed by atoms with Gasteiger partial charge in [0.1, 0.15) is 6.10 Å². The minimum atomic E-state index is 0.455. The Kier molecular flexibility index (Phi) is 5.21. The molecule has 3 atom stereocenters. The van der Waals surface area contributed by atoms with E-state index < -0.39 is 0 Å². The second kappa shape index (κ2) is 6.19. The van der Waals surface area contributed by atoms with Crippen molar-refractivity contribution < 1.29 is 4.74 Å². The summed E-state index contributed by atoms with van der Waals surface area (Å²) in [4.78, 5) is 0. The van der Waals surface area contributed by atoms with Gasteiger partial charge in [-0.25, -0.2) is 0 Å². The van der Waals surface area contributed by atoms with Crippen LogP contribution in [-0.4, -0.2) is 6.10 Å². The van der Waals surface area contributed by atoms with Crippen molar-refractivity contribution in [3.8, 4) is 0 Å². The molecule has 1 nitrogen and oxygen atoms in total. The Labute approximate surface area is 94.9 Å². The van der Waals surface area contributed by atoms with E-state index in [1.807, 2.05) is 6.26 Å². The number of rotatable bonds is 4. The lowest BCUT2D eigenvalue weighted by Crippen LogP contribution is -2.33. The molecular formula is C14H26O. The van der Waals surface area contributed by atoms with E-state index in [4.69, 9.17) is 4.74 Å². The van der Waals surface area contributed by atoms with Gasteiger partial charge in [-0.15, -0.1) is 0 Å². The molecule has 15 heavy (non-hydrogen) atoms. The first-order valence-corrected chi connectivity index (χ1v) is 6.45. The molecule has 1 aliphatic carbocycles. The van der Waals surface area contributed by atoms with Gasteiger partial charge in [0.2, 0.25) is 0 Å². The maximum atomic E-state index is 5.89. The van der Waals surface area contributed by atoms with Crippen molar-refractivity contribution in [1.29, 1.82) is 0 Å². The third-order valence-corrected chi connectivity index (χ3v) is 3.55. The molecule has 1 heteroatoms. The molecule has 0 amide bonds. The Hall–Kier alpha value is -0.460. The largest absolute Gasteiger partial charge is 0.498 e. The van der Waals surface area contributed by atoms with Crippen LogP contribution in [-0.2, 0) is 4.74 Å². The van der Waals surface area contributed by atoms with Crippen LogP contribution in [0.15, 0.2) is 12.3 Å². The number of allylic oxidation sites excluding steroid dienone is 1. The molecule has 1 rings (SSSR count). The van der Waals surface area contributed by atoms with Crippen LogP contribution in [0.2, 0.25) is 0 Å². The molecule has 1 aliphatic rings. The summed E-state index contributed by atoms with van der Waals surface area (Å²) in [6, 6.07) is 0. The highest BCUT2D eigenvalue weighted by Gasteiger charge is 2.31. The van der Waals surface area contributed by atoms with E-state index in [0.717, 1.165) is 24.2 Å². The zero-order chi connectivity index (χ0) is 11.3. The molecule has 0 aromatic rings. The first-order valence-electron chi connectivity index (χ1n) is 6.45. The van der Waals surface area contributed by atoms with E-state index >= 15 is 0 Å². The van der Waals surface area contributed by atoms with Crippen molar-refractivity contribution >= 4 is 0 Å². The van der Waals surface area contributed by atoms with Crippen molar-refractivity contribution in [3.63, 3.8) is 0 Å². The van der Waals surface area contributed by atoms with E-state index in [1.54, 1.807) is 0 Å². The maximum Gasteiger partial charge on any atom is 0.101 e. The van der Waals surface area contributed by atoms with Gasteiger partial charge in [0, 0.05) is 0 Å². The first-order chi connectivity index (χ1) is 7.15. The van der Waals surface area contributed by atoms with E-state index in [1.165, 1.54) is 19.3 Å². The molecule has 0 bridgehead atoms. The average Bonchev–Trinajstić information content (AvgIpc) is 2.18. The fourth-order valence-corrected chi connectivity index (χ4v) is 2.52. The Balaban J connectivity index is 2.50. The molecule has 0 radical (unpaired) electrons. The summed E-state index contributed by atoms with van der Waals surface area (Å²) in [5.74, 6) is 2.33. The summed E-state index contributed by atoms with van der Waals surface area (Å²) in [6.45, 7) is 9.13. The number of hydrogen-bond donors (Lipinski definition) is 0. The maximum absolute atomic E-state index is 5.89. The highest BCUT2D eigenvalue weighted by molar-refractivity contribution is 4.84. The van der Waals surface area contributed by atoms with Crippen molar-refractivity contribution in [2.75, 3.05) is 0 Å². The SMILES string of the molecule is CC/C=C/O[C@H]1C[C@@H](C)CC[C@@H]1C(C)C. The lowest BCUT2D eigenvalue weighted by molar-refractivity contribution is 0.0133. The summed E-state index contributed by atoms with van der Waals surface area (Å²) in [6.07, 6.45) is 9.49. The van der Waals surface area contributed by atoms with Crippen molar-refractivity contribution in [3.05, 3.63) is 12.3 Å². The highest BCUT2D eigenvalue weighted by atomic mass is 16.5. The second-order valence-corrected chi connectivity index (χ2v) is 5.28. The van der Waals surface area contributed by atoms with Crippen LogP contribution >= 0.6 is 0 Å². The van der Waals surface area contributed by atoms with E-state index in [0.29, 0.717) is 6.10 Å². The van der Waals surface area contributed by atoms with Gasteiger partial charge in [0.25, 0.3) is 0 Å². The normalized spacial score (nSPS) is 32.5. The van der Waals surface area contributed by atoms with Crippen LogP contribution in [0.25, 0.3) is 0 Å². The zero-order valence-electron chi connectivity index (χ0n) is 10.7. The average molecular weight is 210 g/mol. The van der Waals surface area contributed by atoms with Gasteiger partial charge >= 0.3 is 0 Å². The molecule has 0 aliphatic heterocycles. The molecule has 0 spiro atoms. The van der Waals surface area contributed by atoms with Gasteiger partial charge in [-0.05, 0) is 37.0 Å². The van der Waals surface area contributed by atoms with Crippen molar-refractivity contribution in [2.24, 2.45) is 17.8 Å². The van der Waals surface area contributed by atoms with Gasteiger partial charge < -0.3 is 4.74 Å². The van der Waals surface area contributed by atoms with Crippen LogP contribution < -0.4 is 0 Å². The topological polar surface area (TPSA) is 9.23 Å². The van der Waals surface area contributed by atoms with Gasteiger partial charge in [-0.1, -0.05) is 40.2 Å². The first kappa shape index (κ1) is 12.6. The molecule has 88 valence electrons. The van der Waals surface area contributed by atoms with Crippen molar-refractivity contribution in [1.82, 2.24) is 0 Å². The van der Waals surface area contributed by atoms with Gasteiger partial charge in [0.15, 0.2) is 0 Å². The Morgan fingerprint density at radius 2 is 2.07 bits per heavy atom. The molecule has 0 aromatic carbocycles. The van der Waals surface area contributed by atoms with Gasteiger partial charge in [0.05, 0.1) is 6.26 Å². The molecule has 0 heterocycles. The van der Waals surface area contributed by atoms with Crippen LogP contribution in [0.3, 0.4) is 0 Å². The smallest absolute Gasteiger partial charge is 0.101 e. The van der Waals surface area contributed by atoms with E-state index in [-0.39, 0.29) is 0 Å². The fourth-order valence-electron chi connectivity index (χ4n) is 2.52. The third-order valence-electron chi connectivity index (χ3n) is 3.55. The second-order valence-electron chi connectivity index (χ2n) is 5.28. The summed E-state index contributed by atoms with van der Waals surface area (Å²) in [5, 5.41) is 0. The molecule has 1 saturated carbocycles. The van der Waals surface area contributed by atoms with Crippen LogP contribution in [0, 0.1) is 17.8 Å². The Morgan fingerprint density at radius 3 is 2.67 bits per heavy atom. The quantitative estimate of drug-likeness (QED) is 0.625. The summed E-state index contributed by atoms with van der Waals surface area (Å²) >= 11 is 0. The molecule has 0 aromatic heterocycles. The van der Waals surface area contributed by atoms with Gasteiger partial charge in [-0.3, -0.25) is 0 Å². The molecule has 0 saturated heterocycles. The molecule has 0 N–H and O–H groups in total. The predicted octanol–water partition coefficient (Wildman–Crippen LogP) is 4.39. The molecule has 0 unspecified atom stereocenters. The minimum Gasteiger partial charge on any atom is -0.498 e. The van der Waals surface area contributed by atoms with Crippen LogP contribution in [0.5, 0.6) is 0 Å². The number of ether oxygens (including phenoxy) is 1. The Morgan fingerprint density at radius 1 is 1.33 bits per heavy atom. The van der Waals surface area contributed by atoms with Gasteiger partial charge in [-0.2, -0.15) is 0 Å². The summed E-state index contributed by atoms with van der Waals surface area (Å²) in [7, 11) is 0. The summed E-state index contributed by atoms with van der Waals surface area (Å²) < 4.78 is 5.89. The van der Waals surface area contributed by atoms with Crippen molar-refractivity contribution in [2.45, 2.75) is 59.5 Å².